The molecule has 8 nitrogen and oxygen atoms in total. The minimum Gasteiger partial charge on any atom is -0.322 e. The van der Waals surface area contributed by atoms with Crippen molar-refractivity contribution in [2.75, 3.05) is 18.4 Å². The van der Waals surface area contributed by atoms with Crippen LogP contribution in [0.15, 0.2) is 29.2 Å². The number of nitrogens with one attached hydrogen (secondary N) is 1. The van der Waals surface area contributed by atoms with Crippen LogP contribution >= 0.6 is 0 Å². The molecule has 4 rings (SSSR count). The highest BCUT2D eigenvalue weighted by Crippen LogP contribution is 2.27. The largest absolute Gasteiger partial charge is 0.322 e. The van der Waals surface area contributed by atoms with Gasteiger partial charge in [0.05, 0.1) is 21.5 Å². The van der Waals surface area contributed by atoms with Crippen LogP contribution in [0.3, 0.4) is 0 Å². The van der Waals surface area contributed by atoms with Crippen molar-refractivity contribution in [2.24, 2.45) is 7.05 Å². The predicted octanol–water partition coefficient (Wildman–Crippen LogP) is 3.71. The number of aromatic nitrogens is 3. The second-order valence-corrected chi connectivity index (χ2v) is 10.4. The first kappa shape index (κ1) is 22.4. The van der Waals surface area contributed by atoms with Gasteiger partial charge in [-0.25, -0.2) is 13.4 Å². The van der Waals surface area contributed by atoms with E-state index in [1.54, 1.807) is 47.2 Å². The molecular formula is C23H29N5O3S. The standard InChI is InChI=1S/C23H29N5O3S/c1-15-9-10-18(14-20(15)32(30,31)28-11-7-5-6-8-12-28)25-23(29)19-13-16(2)24-22-21(19)17(3)26-27(22)4/h9-10,13-14H,5-8,11-12H2,1-4H3,(H,25,29). The fourth-order valence-corrected chi connectivity index (χ4v) is 6.09. The van der Waals surface area contributed by atoms with E-state index < -0.39 is 10.0 Å². The van der Waals surface area contributed by atoms with Crippen LogP contribution in [-0.4, -0.2) is 46.5 Å². The summed E-state index contributed by atoms with van der Waals surface area (Å²) in [7, 11) is -1.83. The first-order valence-corrected chi connectivity index (χ1v) is 12.4. The van der Waals surface area contributed by atoms with Gasteiger partial charge in [0, 0.05) is 31.5 Å². The van der Waals surface area contributed by atoms with E-state index in [0.717, 1.165) is 25.7 Å². The number of amides is 1. The number of pyridine rings is 1. The number of benzene rings is 1. The summed E-state index contributed by atoms with van der Waals surface area (Å²) in [5.74, 6) is -0.321. The Bertz CT molecular complexity index is 1290. The van der Waals surface area contributed by atoms with Crippen molar-refractivity contribution < 1.29 is 13.2 Å². The predicted molar refractivity (Wildman–Crippen MR) is 124 cm³/mol. The van der Waals surface area contributed by atoms with E-state index in [1.165, 1.54) is 0 Å². The van der Waals surface area contributed by atoms with Crippen LogP contribution in [0.5, 0.6) is 0 Å². The van der Waals surface area contributed by atoms with Gasteiger partial charge in [-0.15, -0.1) is 0 Å². The zero-order chi connectivity index (χ0) is 23.0. The first-order valence-electron chi connectivity index (χ1n) is 10.9. The third kappa shape index (κ3) is 4.14. The number of hydrogen-bond acceptors (Lipinski definition) is 5. The zero-order valence-corrected chi connectivity index (χ0v) is 19.8. The van der Waals surface area contributed by atoms with Crippen LogP contribution < -0.4 is 5.32 Å². The van der Waals surface area contributed by atoms with Crippen molar-refractivity contribution in [2.45, 2.75) is 51.3 Å². The van der Waals surface area contributed by atoms with E-state index in [1.807, 2.05) is 13.8 Å². The average molecular weight is 456 g/mol. The quantitative estimate of drug-likeness (QED) is 0.647. The Morgan fingerprint density at radius 3 is 2.41 bits per heavy atom. The van der Waals surface area contributed by atoms with Crippen LogP contribution in [0, 0.1) is 20.8 Å². The van der Waals surface area contributed by atoms with Gasteiger partial charge in [-0.05, 0) is 57.4 Å². The maximum atomic E-state index is 13.3. The van der Waals surface area contributed by atoms with Crippen LogP contribution in [0.2, 0.25) is 0 Å². The lowest BCUT2D eigenvalue weighted by Crippen LogP contribution is -2.32. The van der Waals surface area contributed by atoms with Crippen LogP contribution in [0.1, 0.15) is 53.0 Å². The molecule has 0 aliphatic carbocycles. The number of carbonyl (C=O) groups excluding carboxylic acids is 1. The minimum absolute atomic E-state index is 0.241. The third-order valence-electron chi connectivity index (χ3n) is 5.97. The van der Waals surface area contributed by atoms with Gasteiger partial charge in [0.1, 0.15) is 0 Å². The van der Waals surface area contributed by atoms with Crippen LogP contribution in [-0.2, 0) is 17.1 Å². The normalized spacial score (nSPS) is 15.6. The van der Waals surface area contributed by atoms with E-state index in [9.17, 15) is 13.2 Å². The lowest BCUT2D eigenvalue weighted by molar-refractivity contribution is 0.102. The van der Waals surface area contributed by atoms with Gasteiger partial charge >= 0.3 is 0 Å². The monoisotopic (exact) mass is 455 g/mol. The highest BCUT2D eigenvalue weighted by Gasteiger charge is 2.27. The number of hydrogen-bond donors (Lipinski definition) is 1. The summed E-state index contributed by atoms with van der Waals surface area (Å²) in [6.07, 6.45) is 3.84. The number of rotatable bonds is 4. The third-order valence-corrected chi connectivity index (χ3v) is 8.01. The number of sulfonamides is 1. The summed E-state index contributed by atoms with van der Waals surface area (Å²) in [5.41, 5.74) is 3.64. The first-order chi connectivity index (χ1) is 15.2. The minimum atomic E-state index is -3.63. The maximum absolute atomic E-state index is 13.3. The smallest absolute Gasteiger partial charge is 0.256 e. The molecule has 1 aliphatic heterocycles. The van der Waals surface area contributed by atoms with Gasteiger partial charge in [-0.2, -0.15) is 9.40 Å². The molecule has 1 fully saturated rings. The fraction of sp³-hybridized carbons (Fsp3) is 0.435. The van der Waals surface area contributed by atoms with Gasteiger partial charge in [-0.3, -0.25) is 9.48 Å². The number of carbonyl (C=O) groups is 1. The van der Waals surface area contributed by atoms with E-state index in [-0.39, 0.29) is 10.8 Å². The molecule has 0 bridgehead atoms. The molecule has 1 amide bonds. The van der Waals surface area contributed by atoms with E-state index >= 15 is 0 Å². The van der Waals surface area contributed by atoms with Crippen molar-refractivity contribution in [1.82, 2.24) is 19.1 Å². The molecule has 0 atom stereocenters. The molecule has 1 aromatic carbocycles. The fourth-order valence-electron chi connectivity index (χ4n) is 4.32. The van der Waals surface area contributed by atoms with Crippen molar-refractivity contribution in [3.8, 4) is 0 Å². The van der Waals surface area contributed by atoms with Gasteiger partial charge in [0.25, 0.3) is 5.91 Å². The molecule has 0 spiro atoms. The van der Waals surface area contributed by atoms with Crippen molar-refractivity contribution in [1.29, 1.82) is 0 Å². The molecule has 0 radical (unpaired) electrons. The molecular weight excluding hydrogens is 426 g/mol. The summed E-state index contributed by atoms with van der Waals surface area (Å²) in [6.45, 7) is 6.52. The molecule has 2 aromatic heterocycles. The molecule has 32 heavy (non-hydrogen) atoms. The number of nitrogens with zero attached hydrogens (tertiary/aromatic N) is 4. The molecule has 0 saturated carbocycles. The molecule has 170 valence electrons. The lowest BCUT2D eigenvalue weighted by atomic mass is 10.1. The lowest BCUT2D eigenvalue weighted by Gasteiger charge is -2.21. The molecule has 1 N–H and O–H groups in total. The summed E-state index contributed by atoms with van der Waals surface area (Å²) in [4.78, 5) is 17.9. The van der Waals surface area contributed by atoms with Crippen molar-refractivity contribution in [3.05, 3.63) is 46.8 Å². The molecule has 3 aromatic rings. The summed E-state index contributed by atoms with van der Waals surface area (Å²) >= 11 is 0. The molecule has 3 heterocycles. The van der Waals surface area contributed by atoms with Gasteiger partial charge in [0.15, 0.2) is 5.65 Å². The number of anilines is 1. The van der Waals surface area contributed by atoms with Gasteiger partial charge in [0.2, 0.25) is 10.0 Å². The Labute approximate surface area is 188 Å². The Balaban J connectivity index is 1.68. The molecule has 9 heteroatoms. The van der Waals surface area contributed by atoms with E-state index in [2.05, 4.69) is 15.4 Å². The highest BCUT2D eigenvalue weighted by molar-refractivity contribution is 7.89. The van der Waals surface area contributed by atoms with E-state index in [4.69, 9.17) is 0 Å². The Kier molecular flexibility index (Phi) is 6.05. The molecule has 1 aliphatic rings. The van der Waals surface area contributed by atoms with Crippen LogP contribution in [0.25, 0.3) is 11.0 Å². The summed E-state index contributed by atoms with van der Waals surface area (Å²) in [5, 5.41) is 7.97. The van der Waals surface area contributed by atoms with Crippen LogP contribution in [0.4, 0.5) is 5.69 Å². The SMILES string of the molecule is Cc1cc(C(=O)Nc2ccc(C)c(S(=O)(=O)N3CCCCCC3)c2)c2c(C)nn(C)c2n1. The number of aryl methyl sites for hydroxylation is 4. The Hall–Kier alpha value is -2.78. The summed E-state index contributed by atoms with van der Waals surface area (Å²) < 4.78 is 29.9. The van der Waals surface area contributed by atoms with Gasteiger partial charge < -0.3 is 5.32 Å². The van der Waals surface area contributed by atoms with E-state index in [0.29, 0.717) is 52.3 Å². The summed E-state index contributed by atoms with van der Waals surface area (Å²) in [6, 6.07) is 6.77. The molecule has 1 saturated heterocycles. The zero-order valence-electron chi connectivity index (χ0n) is 19.0. The maximum Gasteiger partial charge on any atom is 0.256 e. The molecule has 0 unspecified atom stereocenters. The van der Waals surface area contributed by atoms with Gasteiger partial charge in [-0.1, -0.05) is 18.9 Å². The second-order valence-electron chi connectivity index (χ2n) is 8.47. The Morgan fingerprint density at radius 1 is 1.03 bits per heavy atom. The highest BCUT2D eigenvalue weighted by atomic mass is 32.2. The van der Waals surface area contributed by atoms with Crippen molar-refractivity contribution >= 4 is 32.7 Å². The second kappa shape index (κ2) is 8.63. The average Bonchev–Trinajstić information content (AvgIpc) is 2.93. The number of fused-ring (bicyclic) bond motifs is 1. The topological polar surface area (TPSA) is 97.2 Å². The van der Waals surface area contributed by atoms with Crippen molar-refractivity contribution in [3.63, 3.8) is 0 Å². The Morgan fingerprint density at radius 2 is 1.72 bits per heavy atom.